The molecule has 1 aliphatic rings. The molecule has 2 atom stereocenters. The van der Waals surface area contributed by atoms with Crippen LogP contribution in [0.15, 0.2) is 24.5 Å². The fourth-order valence-corrected chi connectivity index (χ4v) is 2.83. The Morgan fingerprint density at radius 3 is 3.10 bits per heavy atom. The van der Waals surface area contributed by atoms with E-state index < -0.39 is 0 Å². The van der Waals surface area contributed by atoms with E-state index in [2.05, 4.69) is 15.3 Å². The standard InChI is InChI=1S/C15H19N3O2/c19-14-4-2-1-3-11(14)8-16-15(20)10-5-6-12-13(7-10)18-9-17-12/h5-7,9,11,14,19H,1-4,8H2,(H,16,20)(H,17,18). The molecule has 20 heavy (non-hydrogen) atoms. The van der Waals surface area contributed by atoms with Crippen molar-refractivity contribution >= 4 is 16.9 Å². The van der Waals surface area contributed by atoms with Crippen LogP contribution in [-0.4, -0.2) is 33.6 Å². The van der Waals surface area contributed by atoms with E-state index in [1.54, 1.807) is 18.5 Å². The Hall–Kier alpha value is -1.88. The summed E-state index contributed by atoms with van der Waals surface area (Å²) in [5.74, 6) is 0.0860. The number of nitrogens with zero attached hydrogens (tertiary/aromatic N) is 1. The zero-order valence-electron chi connectivity index (χ0n) is 11.3. The largest absolute Gasteiger partial charge is 0.393 e. The van der Waals surface area contributed by atoms with Crippen molar-refractivity contribution in [3.05, 3.63) is 30.1 Å². The van der Waals surface area contributed by atoms with Gasteiger partial charge in [0.25, 0.3) is 5.91 Å². The van der Waals surface area contributed by atoms with Crippen LogP contribution in [0.3, 0.4) is 0 Å². The fourth-order valence-electron chi connectivity index (χ4n) is 2.83. The number of imidazole rings is 1. The number of carbonyl (C=O) groups is 1. The molecular weight excluding hydrogens is 254 g/mol. The molecule has 1 aliphatic carbocycles. The molecule has 1 fully saturated rings. The average molecular weight is 273 g/mol. The van der Waals surface area contributed by atoms with Crippen LogP contribution >= 0.6 is 0 Å². The lowest BCUT2D eigenvalue weighted by Gasteiger charge is -2.27. The first-order valence-corrected chi connectivity index (χ1v) is 7.13. The van der Waals surface area contributed by atoms with Gasteiger partial charge >= 0.3 is 0 Å². The molecule has 3 N–H and O–H groups in total. The molecule has 0 spiro atoms. The van der Waals surface area contributed by atoms with Gasteiger partial charge < -0.3 is 15.4 Å². The molecule has 1 aromatic heterocycles. The van der Waals surface area contributed by atoms with Crippen molar-refractivity contribution < 1.29 is 9.90 Å². The van der Waals surface area contributed by atoms with Crippen molar-refractivity contribution in [1.29, 1.82) is 0 Å². The highest BCUT2D eigenvalue weighted by Crippen LogP contribution is 2.23. The van der Waals surface area contributed by atoms with Crippen molar-refractivity contribution in [2.24, 2.45) is 5.92 Å². The number of nitrogens with one attached hydrogen (secondary N) is 2. The van der Waals surface area contributed by atoms with Gasteiger partial charge in [-0.2, -0.15) is 0 Å². The summed E-state index contributed by atoms with van der Waals surface area (Å²) >= 11 is 0. The number of hydrogen-bond donors (Lipinski definition) is 3. The van der Waals surface area contributed by atoms with Crippen molar-refractivity contribution in [3.63, 3.8) is 0 Å². The molecular formula is C15H19N3O2. The lowest BCUT2D eigenvalue weighted by Crippen LogP contribution is -2.36. The van der Waals surface area contributed by atoms with Crippen LogP contribution in [0.25, 0.3) is 11.0 Å². The lowest BCUT2D eigenvalue weighted by molar-refractivity contribution is 0.0663. The zero-order valence-corrected chi connectivity index (χ0v) is 11.3. The van der Waals surface area contributed by atoms with Crippen LogP contribution < -0.4 is 5.32 Å². The van der Waals surface area contributed by atoms with Gasteiger partial charge in [0, 0.05) is 18.0 Å². The van der Waals surface area contributed by atoms with E-state index in [-0.39, 0.29) is 17.9 Å². The third-order valence-corrected chi connectivity index (χ3v) is 4.08. The summed E-state index contributed by atoms with van der Waals surface area (Å²) in [5.41, 5.74) is 2.33. The normalized spacial score (nSPS) is 22.9. The monoisotopic (exact) mass is 273 g/mol. The third-order valence-electron chi connectivity index (χ3n) is 4.08. The number of hydrogen-bond acceptors (Lipinski definition) is 3. The van der Waals surface area contributed by atoms with E-state index in [4.69, 9.17) is 0 Å². The number of benzene rings is 1. The Morgan fingerprint density at radius 2 is 2.25 bits per heavy atom. The van der Waals surface area contributed by atoms with Gasteiger partial charge in [-0.25, -0.2) is 4.98 Å². The zero-order chi connectivity index (χ0) is 13.9. The number of aliphatic hydroxyl groups excluding tert-OH is 1. The molecule has 5 nitrogen and oxygen atoms in total. The van der Waals surface area contributed by atoms with Crippen LogP contribution in [0.2, 0.25) is 0 Å². The summed E-state index contributed by atoms with van der Waals surface area (Å²) in [6.07, 6.45) is 5.39. The van der Waals surface area contributed by atoms with Crippen molar-refractivity contribution in [2.75, 3.05) is 6.54 Å². The number of carbonyl (C=O) groups excluding carboxylic acids is 1. The fraction of sp³-hybridized carbons (Fsp3) is 0.467. The van der Waals surface area contributed by atoms with Crippen molar-refractivity contribution in [3.8, 4) is 0 Å². The lowest BCUT2D eigenvalue weighted by atomic mass is 9.86. The Balaban J connectivity index is 1.63. The first-order chi connectivity index (χ1) is 9.74. The molecule has 1 heterocycles. The second-order valence-electron chi connectivity index (χ2n) is 5.46. The van der Waals surface area contributed by atoms with Crippen molar-refractivity contribution in [1.82, 2.24) is 15.3 Å². The number of aliphatic hydroxyl groups is 1. The summed E-state index contributed by atoms with van der Waals surface area (Å²) in [6.45, 7) is 0.543. The van der Waals surface area contributed by atoms with Gasteiger partial charge in [0.2, 0.25) is 0 Å². The van der Waals surface area contributed by atoms with Crippen LogP contribution in [0.5, 0.6) is 0 Å². The molecule has 3 rings (SSSR count). The molecule has 0 aliphatic heterocycles. The summed E-state index contributed by atoms with van der Waals surface area (Å²) in [6, 6.07) is 5.40. The van der Waals surface area contributed by atoms with Crippen LogP contribution in [0.4, 0.5) is 0 Å². The van der Waals surface area contributed by atoms with Gasteiger partial charge in [0.05, 0.1) is 23.5 Å². The van der Waals surface area contributed by atoms with E-state index >= 15 is 0 Å². The Bertz CT molecular complexity index is 608. The Labute approximate surface area is 117 Å². The third kappa shape index (κ3) is 2.67. The number of rotatable bonds is 3. The minimum absolute atomic E-state index is 0.0979. The second kappa shape index (κ2) is 5.63. The number of amides is 1. The predicted octanol–water partition coefficient (Wildman–Crippen LogP) is 1.84. The number of aromatic nitrogens is 2. The minimum atomic E-state index is -0.279. The Morgan fingerprint density at radius 1 is 1.40 bits per heavy atom. The highest BCUT2D eigenvalue weighted by Gasteiger charge is 2.23. The van der Waals surface area contributed by atoms with Gasteiger partial charge in [0.1, 0.15) is 0 Å². The molecule has 1 saturated carbocycles. The molecule has 2 aromatic rings. The van der Waals surface area contributed by atoms with E-state index in [1.165, 1.54) is 0 Å². The maximum absolute atomic E-state index is 12.1. The van der Waals surface area contributed by atoms with Crippen LogP contribution in [-0.2, 0) is 0 Å². The van der Waals surface area contributed by atoms with Gasteiger partial charge in [-0.1, -0.05) is 12.8 Å². The summed E-state index contributed by atoms with van der Waals surface area (Å²) in [5, 5.41) is 12.8. The Kier molecular flexibility index (Phi) is 3.69. The number of aromatic amines is 1. The molecule has 106 valence electrons. The summed E-state index contributed by atoms with van der Waals surface area (Å²) in [4.78, 5) is 19.3. The topological polar surface area (TPSA) is 78.0 Å². The summed E-state index contributed by atoms with van der Waals surface area (Å²) in [7, 11) is 0. The quantitative estimate of drug-likeness (QED) is 0.798. The molecule has 0 saturated heterocycles. The maximum atomic E-state index is 12.1. The molecule has 2 unspecified atom stereocenters. The SMILES string of the molecule is O=C(NCC1CCCCC1O)c1ccc2nc[nH]c2c1. The van der Waals surface area contributed by atoms with Gasteiger partial charge in [-0.15, -0.1) is 0 Å². The number of fused-ring (bicyclic) bond motifs is 1. The average Bonchev–Trinajstić information content (AvgIpc) is 2.93. The van der Waals surface area contributed by atoms with Gasteiger partial charge in [-0.05, 0) is 31.0 Å². The molecule has 1 aromatic carbocycles. The molecule has 5 heteroatoms. The smallest absolute Gasteiger partial charge is 0.251 e. The maximum Gasteiger partial charge on any atom is 0.251 e. The van der Waals surface area contributed by atoms with Crippen LogP contribution in [0, 0.1) is 5.92 Å². The highest BCUT2D eigenvalue weighted by molar-refractivity contribution is 5.97. The van der Waals surface area contributed by atoms with E-state index in [9.17, 15) is 9.90 Å². The van der Waals surface area contributed by atoms with E-state index in [0.29, 0.717) is 12.1 Å². The van der Waals surface area contributed by atoms with Crippen molar-refractivity contribution in [2.45, 2.75) is 31.8 Å². The van der Waals surface area contributed by atoms with Gasteiger partial charge in [-0.3, -0.25) is 4.79 Å². The first kappa shape index (κ1) is 13.1. The van der Waals surface area contributed by atoms with E-state index in [0.717, 1.165) is 36.7 Å². The first-order valence-electron chi connectivity index (χ1n) is 7.13. The second-order valence-corrected chi connectivity index (χ2v) is 5.46. The minimum Gasteiger partial charge on any atom is -0.393 e. The number of H-pyrrole nitrogens is 1. The van der Waals surface area contributed by atoms with E-state index in [1.807, 2.05) is 6.07 Å². The van der Waals surface area contributed by atoms with Crippen LogP contribution in [0.1, 0.15) is 36.0 Å². The molecule has 1 amide bonds. The highest BCUT2D eigenvalue weighted by atomic mass is 16.3. The molecule has 0 bridgehead atoms. The summed E-state index contributed by atoms with van der Waals surface area (Å²) < 4.78 is 0. The predicted molar refractivity (Wildman–Crippen MR) is 76.4 cm³/mol. The molecule has 0 radical (unpaired) electrons. The van der Waals surface area contributed by atoms with Gasteiger partial charge in [0.15, 0.2) is 0 Å².